The first-order chi connectivity index (χ1) is 12.9. The molecule has 0 spiro atoms. The molecule has 0 unspecified atom stereocenters. The number of carbonyl (C=O) groups excluding carboxylic acids is 3. The van der Waals surface area contributed by atoms with Gasteiger partial charge in [-0.05, 0) is 35.9 Å². The average Bonchev–Trinajstić information content (AvgIpc) is 2.64. The standard InChI is InChI=1S/C20H21FN2O4/c1-14(24)23(18-8-4-6-16(13-18)20(26)27-2)10-9-22-19(25)12-15-5-3-7-17(21)11-15/h3-8,11,13H,9-10,12H2,1-2H3,(H,22,25). The van der Waals surface area contributed by atoms with Crippen LogP contribution in [0.15, 0.2) is 48.5 Å². The van der Waals surface area contributed by atoms with Crippen molar-refractivity contribution < 1.29 is 23.5 Å². The van der Waals surface area contributed by atoms with Crippen molar-refractivity contribution in [3.05, 3.63) is 65.5 Å². The summed E-state index contributed by atoms with van der Waals surface area (Å²) in [6, 6.07) is 12.3. The fourth-order valence-electron chi connectivity index (χ4n) is 2.59. The van der Waals surface area contributed by atoms with Gasteiger partial charge in [0.25, 0.3) is 0 Å². The Morgan fingerprint density at radius 1 is 1.11 bits per heavy atom. The number of anilines is 1. The molecule has 0 atom stereocenters. The highest BCUT2D eigenvalue weighted by molar-refractivity contribution is 5.95. The zero-order valence-electron chi connectivity index (χ0n) is 15.2. The van der Waals surface area contributed by atoms with Gasteiger partial charge in [-0.1, -0.05) is 18.2 Å². The first-order valence-electron chi connectivity index (χ1n) is 8.38. The van der Waals surface area contributed by atoms with Gasteiger partial charge in [-0.3, -0.25) is 9.59 Å². The van der Waals surface area contributed by atoms with Gasteiger partial charge < -0.3 is 15.0 Å². The van der Waals surface area contributed by atoms with Crippen molar-refractivity contribution in [1.29, 1.82) is 0 Å². The number of carbonyl (C=O) groups is 3. The van der Waals surface area contributed by atoms with E-state index in [1.54, 1.807) is 36.4 Å². The minimum atomic E-state index is -0.497. The number of hydrogen-bond donors (Lipinski definition) is 1. The zero-order valence-corrected chi connectivity index (χ0v) is 15.2. The first kappa shape index (κ1) is 20.1. The van der Waals surface area contributed by atoms with Gasteiger partial charge in [-0.15, -0.1) is 0 Å². The third-order valence-corrected chi connectivity index (χ3v) is 3.87. The quantitative estimate of drug-likeness (QED) is 0.757. The molecule has 0 saturated heterocycles. The maximum Gasteiger partial charge on any atom is 0.337 e. The topological polar surface area (TPSA) is 75.7 Å². The Morgan fingerprint density at radius 3 is 2.52 bits per heavy atom. The summed E-state index contributed by atoms with van der Waals surface area (Å²) < 4.78 is 17.8. The van der Waals surface area contributed by atoms with Crippen LogP contribution in [-0.4, -0.2) is 38.0 Å². The molecule has 0 aromatic heterocycles. The van der Waals surface area contributed by atoms with E-state index in [0.717, 1.165) is 0 Å². The van der Waals surface area contributed by atoms with Gasteiger partial charge in [-0.2, -0.15) is 0 Å². The Bertz CT molecular complexity index is 838. The second kappa shape index (κ2) is 9.47. The van der Waals surface area contributed by atoms with E-state index in [-0.39, 0.29) is 31.3 Å². The highest BCUT2D eigenvalue weighted by Crippen LogP contribution is 2.17. The molecule has 0 saturated carbocycles. The highest BCUT2D eigenvalue weighted by Gasteiger charge is 2.14. The van der Waals surface area contributed by atoms with Crippen LogP contribution in [0.4, 0.5) is 10.1 Å². The zero-order chi connectivity index (χ0) is 19.8. The van der Waals surface area contributed by atoms with Crippen molar-refractivity contribution in [2.45, 2.75) is 13.3 Å². The molecule has 2 aromatic carbocycles. The average molecular weight is 372 g/mol. The summed E-state index contributed by atoms with van der Waals surface area (Å²) in [5.41, 5.74) is 1.43. The highest BCUT2D eigenvalue weighted by atomic mass is 19.1. The molecule has 142 valence electrons. The van der Waals surface area contributed by atoms with E-state index in [1.165, 1.54) is 31.1 Å². The third-order valence-electron chi connectivity index (χ3n) is 3.87. The van der Waals surface area contributed by atoms with E-state index >= 15 is 0 Å². The van der Waals surface area contributed by atoms with Gasteiger partial charge in [0, 0.05) is 25.7 Å². The fourth-order valence-corrected chi connectivity index (χ4v) is 2.59. The molecule has 2 rings (SSSR count). The molecule has 0 fully saturated rings. The number of nitrogens with one attached hydrogen (secondary N) is 1. The second-order valence-electron chi connectivity index (χ2n) is 5.87. The molecule has 0 aliphatic heterocycles. The van der Waals surface area contributed by atoms with Crippen LogP contribution in [0.1, 0.15) is 22.8 Å². The van der Waals surface area contributed by atoms with Crippen LogP contribution >= 0.6 is 0 Å². The normalized spacial score (nSPS) is 10.2. The fraction of sp³-hybridized carbons (Fsp3) is 0.250. The van der Waals surface area contributed by atoms with Crippen LogP contribution in [-0.2, 0) is 20.7 Å². The van der Waals surface area contributed by atoms with Gasteiger partial charge in [0.15, 0.2) is 0 Å². The third kappa shape index (κ3) is 5.91. The van der Waals surface area contributed by atoms with E-state index in [0.29, 0.717) is 16.8 Å². The Balaban J connectivity index is 1.96. The van der Waals surface area contributed by atoms with Gasteiger partial charge >= 0.3 is 5.97 Å². The number of hydrogen-bond acceptors (Lipinski definition) is 4. The lowest BCUT2D eigenvalue weighted by Crippen LogP contribution is -2.38. The maximum absolute atomic E-state index is 13.2. The number of amides is 2. The predicted octanol–water partition coefficient (Wildman–Crippen LogP) is 2.32. The summed E-state index contributed by atoms with van der Waals surface area (Å²) in [5, 5.41) is 2.71. The SMILES string of the molecule is COC(=O)c1cccc(N(CCNC(=O)Cc2cccc(F)c2)C(C)=O)c1. The molecule has 2 aromatic rings. The summed E-state index contributed by atoms with van der Waals surface area (Å²) in [4.78, 5) is 37.1. The Labute approximate surface area is 156 Å². The van der Waals surface area contributed by atoms with Crippen molar-refractivity contribution >= 4 is 23.5 Å². The lowest BCUT2D eigenvalue weighted by atomic mass is 10.1. The molecule has 0 radical (unpaired) electrons. The Morgan fingerprint density at radius 2 is 1.85 bits per heavy atom. The number of nitrogens with zero attached hydrogens (tertiary/aromatic N) is 1. The van der Waals surface area contributed by atoms with Crippen LogP contribution in [0.2, 0.25) is 0 Å². The molecule has 2 amide bonds. The molecule has 0 aliphatic rings. The largest absolute Gasteiger partial charge is 0.465 e. The second-order valence-corrected chi connectivity index (χ2v) is 5.87. The van der Waals surface area contributed by atoms with Crippen LogP contribution in [0.5, 0.6) is 0 Å². The molecule has 1 N–H and O–H groups in total. The van der Waals surface area contributed by atoms with Gasteiger partial charge in [0.05, 0.1) is 19.1 Å². The van der Waals surface area contributed by atoms with Gasteiger partial charge in [0.2, 0.25) is 11.8 Å². The number of halogens is 1. The van der Waals surface area contributed by atoms with Crippen molar-refractivity contribution in [3.63, 3.8) is 0 Å². The number of esters is 1. The molecule has 7 heteroatoms. The predicted molar refractivity (Wildman–Crippen MR) is 98.9 cm³/mol. The van der Waals surface area contributed by atoms with Crippen LogP contribution in [0.25, 0.3) is 0 Å². The van der Waals surface area contributed by atoms with E-state index < -0.39 is 11.8 Å². The van der Waals surface area contributed by atoms with Crippen LogP contribution in [0, 0.1) is 5.82 Å². The number of benzene rings is 2. The molecule has 0 bridgehead atoms. The van der Waals surface area contributed by atoms with Crippen molar-refractivity contribution in [2.24, 2.45) is 0 Å². The smallest absolute Gasteiger partial charge is 0.337 e. The number of methoxy groups -OCH3 is 1. The van der Waals surface area contributed by atoms with E-state index in [4.69, 9.17) is 0 Å². The van der Waals surface area contributed by atoms with Crippen molar-refractivity contribution in [1.82, 2.24) is 5.32 Å². The van der Waals surface area contributed by atoms with Crippen LogP contribution < -0.4 is 10.2 Å². The first-order valence-corrected chi connectivity index (χ1v) is 8.38. The van der Waals surface area contributed by atoms with Crippen molar-refractivity contribution in [3.8, 4) is 0 Å². The van der Waals surface area contributed by atoms with Crippen molar-refractivity contribution in [2.75, 3.05) is 25.1 Å². The van der Waals surface area contributed by atoms with Gasteiger partial charge in [-0.25, -0.2) is 9.18 Å². The summed E-state index contributed by atoms with van der Waals surface area (Å²) >= 11 is 0. The minimum absolute atomic E-state index is 0.0512. The summed E-state index contributed by atoms with van der Waals surface area (Å²) in [5.74, 6) is -1.39. The lowest BCUT2D eigenvalue weighted by Gasteiger charge is -2.22. The maximum atomic E-state index is 13.2. The molecule has 0 aliphatic carbocycles. The van der Waals surface area contributed by atoms with E-state index in [9.17, 15) is 18.8 Å². The number of rotatable bonds is 7. The minimum Gasteiger partial charge on any atom is -0.465 e. The number of ether oxygens (including phenoxy) is 1. The lowest BCUT2D eigenvalue weighted by molar-refractivity contribution is -0.121. The molecule has 27 heavy (non-hydrogen) atoms. The summed E-state index contributed by atoms with van der Waals surface area (Å²) in [6.45, 7) is 1.85. The summed E-state index contributed by atoms with van der Waals surface area (Å²) in [6.07, 6.45) is 0.0512. The molecule has 0 heterocycles. The molecule has 6 nitrogen and oxygen atoms in total. The molecular weight excluding hydrogens is 351 g/mol. The van der Waals surface area contributed by atoms with E-state index in [1.807, 2.05) is 0 Å². The van der Waals surface area contributed by atoms with Crippen LogP contribution in [0.3, 0.4) is 0 Å². The molecular formula is C20H21FN2O4. The van der Waals surface area contributed by atoms with Gasteiger partial charge in [0.1, 0.15) is 5.82 Å². The summed E-state index contributed by atoms with van der Waals surface area (Å²) in [7, 11) is 1.28. The Kier molecular flexibility index (Phi) is 7.05. The Hall–Kier alpha value is -3.22. The van der Waals surface area contributed by atoms with E-state index in [2.05, 4.69) is 10.1 Å². The monoisotopic (exact) mass is 372 g/mol.